The number of carbonyl (C=O) groups is 2. The Kier molecular flexibility index (Phi) is 7.63. The Morgan fingerprint density at radius 2 is 1.92 bits per heavy atom. The van der Waals surface area contributed by atoms with E-state index in [-0.39, 0.29) is 19.1 Å². The van der Waals surface area contributed by atoms with Crippen LogP contribution >= 0.6 is 22.9 Å². The summed E-state index contributed by atoms with van der Waals surface area (Å²) in [4.78, 5) is 24.6. The van der Waals surface area contributed by atoms with Crippen molar-refractivity contribution in [1.82, 2.24) is 5.32 Å². The molecule has 0 atom stereocenters. The number of nitrogens with one attached hydrogen (secondary N) is 2. The van der Waals surface area contributed by atoms with Crippen molar-refractivity contribution < 1.29 is 14.3 Å². The van der Waals surface area contributed by atoms with Crippen LogP contribution in [0, 0.1) is 5.92 Å². The lowest BCUT2D eigenvalue weighted by Gasteiger charge is -2.10. The smallest absolute Gasteiger partial charge is 0.341 e. The summed E-state index contributed by atoms with van der Waals surface area (Å²) < 4.78 is 5.18. The van der Waals surface area contributed by atoms with E-state index in [1.165, 1.54) is 11.3 Å². The summed E-state index contributed by atoms with van der Waals surface area (Å²) in [5.74, 6) is -0.194. The van der Waals surface area contributed by atoms with E-state index in [9.17, 15) is 9.59 Å². The molecule has 0 saturated heterocycles. The van der Waals surface area contributed by atoms with Gasteiger partial charge in [0, 0.05) is 16.0 Å². The molecule has 0 bridgehead atoms. The molecule has 0 saturated carbocycles. The zero-order chi connectivity index (χ0) is 19.1. The average molecular weight is 395 g/mol. The number of hydrogen-bond donors (Lipinski definition) is 2. The molecule has 1 heterocycles. The van der Waals surface area contributed by atoms with Crippen molar-refractivity contribution in [2.24, 2.45) is 5.92 Å². The van der Waals surface area contributed by atoms with E-state index in [1.54, 1.807) is 19.1 Å². The van der Waals surface area contributed by atoms with Gasteiger partial charge in [0.1, 0.15) is 10.6 Å². The summed E-state index contributed by atoms with van der Waals surface area (Å²) in [7, 11) is 0. The Morgan fingerprint density at radius 3 is 2.54 bits per heavy atom. The zero-order valence-corrected chi connectivity index (χ0v) is 16.7. The van der Waals surface area contributed by atoms with Crippen LogP contribution in [-0.4, -0.2) is 31.6 Å². The van der Waals surface area contributed by atoms with E-state index in [4.69, 9.17) is 16.3 Å². The largest absolute Gasteiger partial charge is 0.462 e. The number of esters is 1. The summed E-state index contributed by atoms with van der Waals surface area (Å²) in [5, 5.41) is 8.85. The minimum atomic E-state index is -0.455. The summed E-state index contributed by atoms with van der Waals surface area (Å²) in [6, 6.07) is 7.20. The van der Waals surface area contributed by atoms with E-state index < -0.39 is 5.97 Å². The van der Waals surface area contributed by atoms with Gasteiger partial charge in [0.15, 0.2) is 0 Å². The van der Waals surface area contributed by atoms with Crippen LogP contribution in [0.5, 0.6) is 0 Å². The van der Waals surface area contributed by atoms with Gasteiger partial charge in [-0.05, 0) is 37.1 Å². The van der Waals surface area contributed by atoms with E-state index >= 15 is 0 Å². The van der Waals surface area contributed by atoms with Crippen LogP contribution in [-0.2, 0) is 9.53 Å². The summed E-state index contributed by atoms with van der Waals surface area (Å²) in [6.45, 7) is 7.09. The van der Waals surface area contributed by atoms with Gasteiger partial charge in [-0.1, -0.05) is 37.6 Å². The number of rotatable bonds is 8. The van der Waals surface area contributed by atoms with Crippen LogP contribution in [0.3, 0.4) is 0 Å². The maximum atomic E-state index is 12.5. The van der Waals surface area contributed by atoms with Gasteiger partial charge in [0.2, 0.25) is 5.91 Å². The van der Waals surface area contributed by atoms with Crippen molar-refractivity contribution in [3.63, 3.8) is 0 Å². The lowest BCUT2D eigenvalue weighted by molar-refractivity contribution is -0.115. The molecule has 5 nitrogen and oxygen atoms in total. The molecule has 2 rings (SSSR count). The first-order chi connectivity index (χ1) is 12.4. The second-order valence-electron chi connectivity index (χ2n) is 6.15. The Morgan fingerprint density at radius 1 is 1.23 bits per heavy atom. The SMILES string of the molecule is CCOC(=O)c1c(-c2ccc(Cl)cc2)csc1NC(=O)CNCC(C)C. The van der Waals surface area contributed by atoms with Crippen molar-refractivity contribution in [2.75, 3.05) is 25.0 Å². The molecule has 2 aromatic rings. The topological polar surface area (TPSA) is 67.4 Å². The number of hydrogen-bond acceptors (Lipinski definition) is 5. The van der Waals surface area contributed by atoms with Crippen LogP contribution in [0.4, 0.5) is 5.00 Å². The number of ether oxygens (including phenoxy) is 1. The van der Waals surface area contributed by atoms with Gasteiger partial charge in [0.25, 0.3) is 0 Å². The normalized spacial score (nSPS) is 10.8. The van der Waals surface area contributed by atoms with Crippen molar-refractivity contribution in [2.45, 2.75) is 20.8 Å². The van der Waals surface area contributed by atoms with Crippen molar-refractivity contribution in [3.05, 3.63) is 40.2 Å². The minimum absolute atomic E-state index is 0.189. The van der Waals surface area contributed by atoms with Gasteiger partial charge in [0.05, 0.1) is 13.2 Å². The molecule has 0 radical (unpaired) electrons. The van der Waals surface area contributed by atoms with Gasteiger partial charge >= 0.3 is 5.97 Å². The molecule has 0 aliphatic heterocycles. The van der Waals surface area contributed by atoms with Crippen molar-refractivity contribution >= 4 is 39.8 Å². The molecular formula is C19H23ClN2O3S. The Hall–Kier alpha value is -1.89. The monoisotopic (exact) mass is 394 g/mol. The molecule has 7 heteroatoms. The Balaban J connectivity index is 2.24. The van der Waals surface area contributed by atoms with Crippen LogP contribution in [0.15, 0.2) is 29.6 Å². The maximum absolute atomic E-state index is 12.5. The third-order valence-corrected chi connectivity index (χ3v) is 4.66. The zero-order valence-electron chi connectivity index (χ0n) is 15.1. The average Bonchev–Trinajstić information content (AvgIpc) is 2.99. The Labute approximate surface area is 162 Å². The van der Waals surface area contributed by atoms with E-state index in [0.29, 0.717) is 21.5 Å². The van der Waals surface area contributed by atoms with Gasteiger partial charge in [-0.2, -0.15) is 0 Å². The predicted octanol–water partition coefficient (Wildman–Crippen LogP) is 4.43. The maximum Gasteiger partial charge on any atom is 0.341 e. The molecule has 0 spiro atoms. The third-order valence-electron chi connectivity index (χ3n) is 3.52. The van der Waals surface area contributed by atoms with E-state index in [0.717, 1.165) is 17.7 Å². The van der Waals surface area contributed by atoms with Crippen LogP contribution in [0.1, 0.15) is 31.1 Å². The van der Waals surface area contributed by atoms with Crippen LogP contribution in [0.2, 0.25) is 5.02 Å². The fourth-order valence-corrected chi connectivity index (χ4v) is 3.44. The molecule has 0 fully saturated rings. The van der Waals surface area contributed by atoms with Crippen molar-refractivity contribution in [1.29, 1.82) is 0 Å². The number of anilines is 1. The Bertz CT molecular complexity index is 757. The number of thiophene rings is 1. The molecule has 1 aromatic heterocycles. The molecule has 140 valence electrons. The quantitative estimate of drug-likeness (QED) is 0.650. The third kappa shape index (κ3) is 5.56. The van der Waals surface area contributed by atoms with E-state index in [1.807, 2.05) is 17.5 Å². The lowest BCUT2D eigenvalue weighted by atomic mass is 10.0. The molecule has 1 amide bonds. The number of halogens is 1. The van der Waals surface area contributed by atoms with Gasteiger partial charge in [-0.3, -0.25) is 4.79 Å². The highest BCUT2D eigenvalue weighted by molar-refractivity contribution is 7.15. The fraction of sp³-hybridized carbons (Fsp3) is 0.368. The highest BCUT2D eigenvalue weighted by Crippen LogP contribution is 2.36. The van der Waals surface area contributed by atoms with Crippen molar-refractivity contribution in [3.8, 4) is 11.1 Å². The van der Waals surface area contributed by atoms with Crippen LogP contribution < -0.4 is 10.6 Å². The first-order valence-electron chi connectivity index (χ1n) is 8.47. The number of amides is 1. The predicted molar refractivity (Wildman–Crippen MR) is 107 cm³/mol. The summed E-state index contributed by atoms with van der Waals surface area (Å²) in [6.07, 6.45) is 0. The van der Waals surface area contributed by atoms with Gasteiger partial charge in [-0.25, -0.2) is 4.79 Å². The number of carbonyl (C=O) groups excluding carboxylic acids is 2. The molecule has 0 aliphatic carbocycles. The molecule has 1 aromatic carbocycles. The highest BCUT2D eigenvalue weighted by Gasteiger charge is 2.22. The first kappa shape index (κ1) is 20.4. The fourth-order valence-electron chi connectivity index (χ4n) is 2.34. The first-order valence-corrected chi connectivity index (χ1v) is 9.73. The van der Waals surface area contributed by atoms with Gasteiger partial charge < -0.3 is 15.4 Å². The molecule has 2 N–H and O–H groups in total. The molecule has 26 heavy (non-hydrogen) atoms. The number of benzene rings is 1. The highest BCUT2D eigenvalue weighted by atomic mass is 35.5. The second-order valence-corrected chi connectivity index (χ2v) is 7.47. The van der Waals surface area contributed by atoms with E-state index in [2.05, 4.69) is 24.5 Å². The lowest BCUT2D eigenvalue weighted by Crippen LogP contribution is -2.30. The second kappa shape index (κ2) is 9.71. The van der Waals surface area contributed by atoms with Crippen LogP contribution in [0.25, 0.3) is 11.1 Å². The summed E-state index contributed by atoms with van der Waals surface area (Å²) >= 11 is 7.25. The summed E-state index contributed by atoms with van der Waals surface area (Å²) in [5.41, 5.74) is 1.93. The minimum Gasteiger partial charge on any atom is -0.462 e. The molecular weight excluding hydrogens is 372 g/mol. The molecule has 0 unspecified atom stereocenters. The standard InChI is InChI=1S/C19H23ClN2O3S/c1-4-25-19(24)17-15(13-5-7-14(20)8-6-13)11-26-18(17)22-16(23)10-21-9-12(2)3/h5-8,11-12,21H,4,9-10H2,1-3H3,(H,22,23). The van der Waals surface area contributed by atoms with Gasteiger partial charge in [-0.15, -0.1) is 11.3 Å². The molecule has 0 aliphatic rings.